The van der Waals surface area contributed by atoms with Gasteiger partial charge in [0.15, 0.2) is 0 Å². The molecular formula is C18H17F2N3O2S. The van der Waals surface area contributed by atoms with Gasteiger partial charge in [0.1, 0.15) is 16.5 Å². The minimum absolute atomic E-state index is 0.0806. The van der Waals surface area contributed by atoms with E-state index >= 15 is 0 Å². The van der Waals surface area contributed by atoms with E-state index in [9.17, 15) is 17.2 Å². The number of aryl methyl sites for hydroxylation is 1. The number of aromatic nitrogens is 2. The molecule has 0 fully saturated rings. The summed E-state index contributed by atoms with van der Waals surface area (Å²) < 4.78 is 55.8. The molecule has 0 bridgehead atoms. The lowest BCUT2D eigenvalue weighted by atomic mass is 10.2. The standard InChI is InChI=1S/C18H17F2N3O2S/c1-12-16(13(2)23(22-12)15-6-4-3-5-7-15)11-21-26(24,25)18-10-14(19)8-9-17(18)20/h3-10,21H,11H2,1-2H3. The van der Waals surface area contributed by atoms with E-state index in [0.717, 1.165) is 23.5 Å². The van der Waals surface area contributed by atoms with Crippen LogP contribution in [0.15, 0.2) is 53.4 Å². The summed E-state index contributed by atoms with van der Waals surface area (Å²) in [6, 6.07) is 11.7. The van der Waals surface area contributed by atoms with Gasteiger partial charge in [0, 0.05) is 17.8 Å². The molecule has 3 rings (SSSR count). The van der Waals surface area contributed by atoms with Crippen LogP contribution in [0.3, 0.4) is 0 Å². The highest BCUT2D eigenvalue weighted by Crippen LogP contribution is 2.20. The van der Waals surface area contributed by atoms with E-state index in [4.69, 9.17) is 0 Å². The third-order valence-corrected chi connectivity index (χ3v) is 5.48. The summed E-state index contributed by atoms with van der Waals surface area (Å²) in [5, 5.41) is 4.43. The number of benzene rings is 2. The van der Waals surface area contributed by atoms with Crippen molar-refractivity contribution >= 4 is 10.0 Å². The number of hydrogen-bond acceptors (Lipinski definition) is 3. The van der Waals surface area contributed by atoms with Crippen LogP contribution in [0, 0.1) is 25.5 Å². The number of hydrogen-bond donors (Lipinski definition) is 1. The molecule has 0 amide bonds. The Morgan fingerprint density at radius 3 is 2.46 bits per heavy atom. The summed E-state index contributed by atoms with van der Waals surface area (Å²) in [6.45, 7) is 3.50. The molecule has 136 valence electrons. The smallest absolute Gasteiger partial charge is 0.238 e. The molecule has 1 aromatic heterocycles. The average Bonchev–Trinajstić information content (AvgIpc) is 2.90. The quantitative estimate of drug-likeness (QED) is 0.742. The van der Waals surface area contributed by atoms with Crippen molar-refractivity contribution in [2.24, 2.45) is 0 Å². The van der Waals surface area contributed by atoms with Gasteiger partial charge in [-0.1, -0.05) is 18.2 Å². The number of sulfonamides is 1. The topological polar surface area (TPSA) is 64.0 Å². The van der Waals surface area contributed by atoms with Crippen molar-refractivity contribution in [3.05, 3.63) is 77.1 Å². The normalized spacial score (nSPS) is 11.7. The predicted molar refractivity (Wildman–Crippen MR) is 93.4 cm³/mol. The molecule has 0 unspecified atom stereocenters. The van der Waals surface area contributed by atoms with Crippen LogP contribution in [0.25, 0.3) is 5.69 Å². The van der Waals surface area contributed by atoms with Gasteiger partial charge >= 0.3 is 0 Å². The summed E-state index contributed by atoms with van der Waals surface area (Å²) in [5.74, 6) is -1.83. The SMILES string of the molecule is Cc1nn(-c2ccccc2)c(C)c1CNS(=O)(=O)c1cc(F)ccc1F. The molecule has 0 aliphatic carbocycles. The third kappa shape index (κ3) is 3.51. The minimum atomic E-state index is -4.20. The van der Waals surface area contributed by atoms with Crippen molar-refractivity contribution in [2.75, 3.05) is 0 Å². The maximum Gasteiger partial charge on any atom is 0.243 e. The first kappa shape index (κ1) is 18.2. The maximum absolute atomic E-state index is 13.8. The zero-order chi connectivity index (χ0) is 18.9. The van der Waals surface area contributed by atoms with E-state index in [-0.39, 0.29) is 6.54 Å². The number of nitrogens with zero attached hydrogens (tertiary/aromatic N) is 2. The van der Waals surface area contributed by atoms with Gasteiger partial charge in [0.05, 0.1) is 11.4 Å². The lowest BCUT2D eigenvalue weighted by molar-refractivity contribution is 0.545. The first-order valence-corrected chi connectivity index (χ1v) is 9.33. The lowest BCUT2D eigenvalue weighted by Gasteiger charge is -2.09. The first-order chi connectivity index (χ1) is 12.3. The van der Waals surface area contributed by atoms with Crippen LogP contribution in [0.1, 0.15) is 17.0 Å². The zero-order valence-corrected chi connectivity index (χ0v) is 15.0. The van der Waals surface area contributed by atoms with E-state index in [1.165, 1.54) is 0 Å². The molecule has 26 heavy (non-hydrogen) atoms. The highest BCUT2D eigenvalue weighted by Gasteiger charge is 2.21. The Morgan fingerprint density at radius 1 is 1.08 bits per heavy atom. The van der Waals surface area contributed by atoms with Crippen LogP contribution in [0.4, 0.5) is 8.78 Å². The first-order valence-electron chi connectivity index (χ1n) is 7.85. The van der Waals surface area contributed by atoms with Gasteiger partial charge in [-0.2, -0.15) is 5.10 Å². The molecule has 1 N–H and O–H groups in total. The molecule has 0 aliphatic heterocycles. The van der Waals surface area contributed by atoms with Crippen LogP contribution < -0.4 is 4.72 Å². The number of rotatable bonds is 5. The number of halogens is 2. The van der Waals surface area contributed by atoms with E-state index < -0.39 is 26.6 Å². The van der Waals surface area contributed by atoms with Gasteiger partial charge in [0.25, 0.3) is 0 Å². The van der Waals surface area contributed by atoms with E-state index in [0.29, 0.717) is 17.3 Å². The highest BCUT2D eigenvalue weighted by atomic mass is 32.2. The highest BCUT2D eigenvalue weighted by molar-refractivity contribution is 7.89. The molecule has 0 spiro atoms. The second kappa shape index (κ2) is 6.97. The molecule has 0 saturated heterocycles. The number of para-hydroxylation sites is 1. The molecule has 0 atom stereocenters. The molecule has 3 aromatic rings. The van der Waals surface area contributed by atoms with E-state index in [1.54, 1.807) is 11.6 Å². The Hall–Kier alpha value is -2.58. The van der Waals surface area contributed by atoms with Crippen molar-refractivity contribution < 1.29 is 17.2 Å². The van der Waals surface area contributed by atoms with Crippen molar-refractivity contribution in [3.63, 3.8) is 0 Å². The summed E-state index contributed by atoms with van der Waals surface area (Å²) >= 11 is 0. The molecule has 5 nitrogen and oxygen atoms in total. The Morgan fingerprint density at radius 2 is 1.77 bits per heavy atom. The summed E-state index contributed by atoms with van der Waals surface area (Å²) in [6.07, 6.45) is 0. The molecule has 2 aromatic carbocycles. The average molecular weight is 377 g/mol. The molecule has 0 aliphatic rings. The Bertz CT molecular complexity index is 1050. The Balaban J connectivity index is 1.88. The third-order valence-electron chi connectivity index (χ3n) is 4.06. The Labute approximate surface area is 150 Å². The van der Waals surface area contributed by atoms with Gasteiger partial charge in [-0.25, -0.2) is 26.6 Å². The number of nitrogens with one attached hydrogen (secondary N) is 1. The zero-order valence-electron chi connectivity index (χ0n) is 14.2. The van der Waals surface area contributed by atoms with Crippen LogP contribution >= 0.6 is 0 Å². The van der Waals surface area contributed by atoms with Gasteiger partial charge in [0.2, 0.25) is 10.0 Å². The second-order valence-electron chi connectivity index (χ2n) is 5.80. The monoisotopic (exact) mass is 377 g/mol. The van der Waals surface area contributed by atoms with Crippen molar-refractivity contribution in [1.29, 1.82) is 0 Å². The van der Waals surface area contributed by atoms with Crippen LogP contribution in [-0.2, 0) is 16.6 Å². The van der Waals surface area contributed by atoms with Crippen LogP contribution in [0.2, 0.25) is 0 Å². The van der Waals surface area contributed by atoms with Gasteiger partial charge in [-0.05, 0) is 44.2 Å². The Kier molecular flexibility index (Phi) is 4.88. The molecule has 0 saturated carbocycles. The summed E-state index contributed by atoms with van der Waals surface area (Å²) in [5.41, 5.74) is 2.93. The van der Waals surface area contributed by atoms with Gasteiger partial charge < -0.3 is 0 Å². The molecular weight excluding hydrogens is 360 g/mol. The maximum atomic E-state index is 13.8. The minimum Gasteiger partial charge on any atom is -0.238 e. The lowest BCUT2D eigenvalue weighted by Crippen LogP contribution is -2.25. The summed E-state index contributed by atoms with van der Waals surface area (Å²) in [4.78, 5) is -0.719. The fourth-order valence-corrected chi connectivity index (χ4v) is 3.76. The second-order valence-corrected chi connectivity index (χ2v) is 7.53. The van der Waals surface area contributed by atoms with Crippen molar-refractivity contribution in [3.8, 4) is 5.69 Å². The van der Waals surface area contributed by atoms with E-state index in [2.05, 4.69) is 9.82 Å². The van der Waals surface area contributed by atoms with Gasteiger partial charge in [-0.15, -0.1) is 0 Å². The van der Waals surface area contributed by atoms with Crippen LogP contribution in [-0.4, -0.2) is 18.2 Å². The molecule has 8 heteroatoms. The summed E-state index contributed by atoms with van der Waals surface area (Å²) in [7, 11) is -4.20. The van der Waals surface area contributed by atoms with Crippen molar-refractivity contribution in [2.45, 2.75) is 25.3 Å². The predicted octanol–water partition coefficient (Wildman–Crippen LogP) is 3.25. The molecule has 1 heterocycles. The van der Waals surface area contributed by atoms with Crippen molar-refractivity contribution in [1.82, 2.24) is 14.5 Å². The molecule has 0 radical (unpaired) electrons. The van der Waals surface area contributed by atoms with Crippen LogP contribution in [0.5, 0.6) is 0 Å². The van der Waals surface area contributed by atoms with Gasteiger partial charge in [-0.3, -0.25) is 0 Å². The fourth-order valence-electron chi connectivity index (χ4n) is 2.68. The largest absolute Gasteiger partial charge is 0.243 e. The fraction of sp³-hybridized carbons (Fsp3) is 0.167. The van der Waals surface area contributed by atoms with E-state index in [1.807, 2.05) is 37.3 Å².